The lowest BCUT2D eigenvalue weighted by molar-refractivity contribution is 0.0497. The minimum atomic E-state index is -2.50. The zero-order chi connectivity index (χ0) is 33.2. The number of aryl methyl sites for hydroxylation is 1. The number of esters is 1. The fourth-order valence-electron chi connectivity index (χ4n) is 5.89. The van der Waals surface area contributed by atoms with Crippen LogP contribution >= 0.6 is 0 Å². The molecule has 1 aliphatic rings. The monoisotopic (exact) mass is 625 g/mol. The number of rotatable bonds is 11. The van der Waals surface area contributed by atoms with Gasteiger partial charge in [0, 0.05) is 28.5 Å². The maximum atomic E-state index is 13.5. The number of carbonyl (C=O) groups excluding carboxylic acids is 1. The number of aliphatic imine (C=N–C) groups is 1. The third kappa shape index (κ3) is 7.11. The summed E-state index contributed by atoms with van der Waals surface area (Å²) in [4.78, 5) is 17.2. The highest BCUT2D eigenvalue weighted by atomic mass is 19.3. The van der Waals surface area contributed by atoms with Gasteiger partial charge in [0.15, 0.2) is 5.84 Å². The number of ether oxygens (including phenoxy) is 2. The summed E-state index contributed by atoms with van der Waals surface area (Å²) in [6, 6.07) is 18.3. The molecule has 0 saturated carbocycles. The van der Waals surface area contributed by atoms with E-state index in [1.165, 1.54) is 0 Å². The second-order valence-corrected chi connectivity index (χ2v) is 13.0. The van der Waals surface area contributed by atoms with Crippen molar-refractivity contribution in [1.82, 2.24) is 0 Å². The number of benzene rings is 4. The van der Waals surface area contributed by atoms with Crippen LogP contribution in [0.5, 0.6) is 11.5 Å². The third-order valence-electron chi connectivity index (χ3n) is 8.16. The Kier molecular flexibility index (Phi) is 9.56. The van der Waals surface area contributed by atoms with Crippen molar-refractivity contribution in [2.24, 2.45) is 10.7 Å². The van der Waals surface area contributed by atoms with E-state index in [1.54, 1.807) is 36.4 Å². The second kappa shape index (κ2) is 13.4. The van der Waals surface area contributed by atoms with Crippen molar-refractivity contribution in [2.75, 3.05) is 6.61 Å². The molecule has 5 rings (SSSR count). The van der Waals surface area contributed by atoms with Gasteiger partial charge in [0.2, 0.25) is 6.43 Å². The van der Waals surface area contributed by atoms with E-state index in [-0.39, 0.29) is 23.5 Å². The molecule has 0 radical (unpaired) electrons. The summed E-state index contributed by atoms with van der Waals surface area (Å²) in [5.74, 6) is 0.760. The fourth-order valence-corrected chi connectivity index (χ4v) is 5.89. The summed E-state index contributed by atoms with van der Waals surface area (Å²) in [5, 5.41) is 10.1. The number of unbranched alkanes of at least 4 members (excludes halogenated alkanes) is 3. The Balaban J connectivity index is 1.69. The van der Waals surface area contributed by atoms with Crippen molar-refractivity contribution >= 4 is 28.4 Å². The van der Waals surface area contributed by atoms with Crippen LogP contribution in [-0.4, -0.2) is 30.7 Å². The maximum Gasteiger partial charge on any atom is 0.338 e. The van der Waals surface area contributed by atoms with Crippen LogP contribution in [0.25, 0.3) is 21.9 Å². The number of hydrogen-bond acceptors (Lipinski definition) is 5. The number of fused-ring (bicyclic) bond motifs is 2. The molecule has 46 heavy (non-hydrogen) atoms. The Morgan fingerprint density at radius 1 is 1.00 bits per heavy atom. The second-order valence-electron chi connectivity index (χ2n) is 13.0. The van der Waals surface area contributed by atoms with Crippen molar-refractivity contribution in [1.29, 1.82) is 5.41 Å². The fraction of sp³-hybridized carbons (Fsp3) is 0.342. The molecule has 0 saturated heterocycles. The standard InChI is InChI=1S/C38H41F2N3O3/c1-6-7-8-9-13-45-37(44)24-11-10-12-28(19-24)46-30-21-27(38(3,4)5)18-26-20-29-34(36(42)43-35(29)41)33(32(26)30)25-15-22(2)14-23(16-25)17-31(39)40/h10-12,14-16,18-21,31H,6-9,13,17H2,1-5H3,(H3,41,42,43). The van der Waals surface area contributed by atoms with E-state index in [2.05, 4.69) is 38.8 Å². The van der Waals surface area contributed by atoms with Crippen molar-refractivity contribution in [3.8, 4) is 22.6 Å². The summed E-state index contributed by atoms with van der Waals surface area (Å²) < 4.78 is 39.2. The molecule has 1 heterocycles. The quantitative estimate of drug-likeness (QED) is 0.128. The molecule has 0 fully saturated rings. The number of halogens is 2. The van der Waals surface area contributed by atoms with Crippen molar-refractivity contribution in [3.63, 3.8) is 0 Å². The lowest BCUT2D eigenvalue weighted by atomic mass is 9.82. The number of carbonyl (C=O) groups is 1. The molecule has 0 unspecified atom stereocenters. The van der Waals surface area contributed by atoms with Crippen molar-refractivity contribution in [3.05, 3.63) is 94.0 Å². The van der Waals surface area contributed by atoms with Crippen LogP contribution in [-0.2, 0) is 16.6 Å². The lowest BCUT2D eigenvalue weighted by Crippen LogP contribution is -2.14. The van der Waals surface area contributed by atoms with Gasteiger partial charge in [-0.05, 0) is 71.2 Å². The smallest absolute Gasteiger partial charge is 0.338 e. The van der Waals surface area contributed by atoms with Gasteiger partial charge in [-0.3, -0.25) is 5.41 Å². The van der Waals surface area contributed by atoms with Gasteiger partial charge < -0.3 is 15.2 Å². The van der Waals surface area contributed by atoms with E-state index in [0.29, 0.717) is 56.9 Å². The van der Waals surface area contributed by atoms with Crippen molar-refractivity contribution < 1.29 is 23.0 Å². The number of amidine groups is 2. The normalized spacial score (nSPS) is 12.9. The van der Waals surface area contributed by atoms with Gasteiger partial charge in [-0.1, -0.05) is 82.9 Å². The van der Waals surface area contributed by atoms with Gasteiger partial charge in [0.25, 0.3) is 0 Å². The molecule has 0 aromatic heterocycles. The highest BCUT2D eigenvalue weighted by molar-refractivity contribution is 6.27. The topological polar surface area (TPSA) is 97.8 Å². The summed E-state index contributed by atoms with van der Waals surface area (Å²) >= 11 is 0. The summed E-state index contributed by atoms with van der Waals surface area (Å²) in [6.07, 6.45) is 1.14. The Morgan fingerprint density at radius 2 is 1.78 bits per heavy atom. The first kappa shape index (κ1) is 32.8. The summed E-state index contributed by atoms with van der Waals surface area (Å²) in [7, 11) is 0. The predicted molar refractivity (Wildman–Crippen MR) is 181 cm³/mol. The largest absolute Gasteiger partial charge is 0.462 e. The highest BCUT2D eigenvalue weighted by Crippen LogP contribution is 2.45. The van der Waals surface area contributed by atoms with E-state index in [4.69, 9.17) is 20.6 Å². The van der Waals surface area contributed by atoms with Gasteiger partial charge >= 0.3 is 5.97 Å². The molecule has 0 spiro atoms. The van der Waals surface area contributed by atoms with Crippen LogP contribution in [0, 0.1) is 12.3 Å². The van der Waals surface area contributed by atoms with E-state index >= 15 is 0 Å². The molecule has 0 aliphatic carbocycles. The predicted octanol–water partition coefficient (Wildman–Crippen LogP) is 9.49. The van der Waals surface area contributed by atoms with E-state index in [9.17, 15) is 13.6 Å². The first-order chi connectivity index (χ1) is 21.8. The molecule has 0 atom stereocenters. The van der Waals surface area contributed by atoms with Crippen LogP contribution < -0.4 is 10.5 Å². The first-order valence-corrected chi connectivity index (χ1v) is 15.8. The maximum absolute atomic E-state index is 13.5. The zero-order valence-corrected chi connectivity index (χ0v) is 27.1. The van der Waals surface area contributed by atoms with Gasteiger partial charge in [0.05, 0.1) is 12.2 Å². The molecule has 4 aromatic rings. The Morgan fingerprint density at radius 3 is 2.50 bits per heavy atom. The molecular formula is C38H41F2N3O3. The number of nitrogens with one attached hydrogen (secondary N) is 1. The van der Waals surface area contributed by atoms with Gasteiger partial charge in [-0.25, -0.2) is 18.6 Å². The molecule has 0 bridgehead atoms. The Hall–Kier alpha value is -4.59. The minimum absolute atomic E-state index is 0.0423. The van der Waals surface area contributed by atoms with E-state index in [0.717, 1.165) is 42.2 Å². The highest BCUT2D eigenvalue weighted by Gasteiger charge is 2.29. The van der Waals surface area contributed by atoms with Crippen LogP contribution in [0.1, 0.15) is 91.6 Å². The Bertz CT molecular complexity index is 1840. The van der Waals surface area contributed by atoms with E-state index < -0.39 is 12.4 Å². The number of alkyl halides is 2. The number of nitrogens with zero attached hydrogens (tertiary/aromatic N) is 1. The average Bonchev–Trinajstić information content (AvgIpc) is 3.27. The van der Waals surface area contributed by atoms with Crippen LogP contribution in [0.3, 0.4) is 0 Å². The average molecular weight is 626 g/mol. The van der Waals surface area contributed by atoms with Crippen molar-refractivity contribution in [2.45, 2.75) is 78.6 Å². The molecule has 0 amide bonds. The Labute approximate surface area is 269 Å². The lowest BCUT2D eigenvalue weighted by Gasteiger charge is -2.24. The van der Waals surface area contributed by atoms with Crippen LogP contribution in [0.15, 0.2) is 65.7 Å². The van der Waals surface area contributed by atoms with Crippen LogP contribution in [0.2, 0.25) is 0 Å². The van der Waals surface area contributed by atoms with E-state index in [1.807, 2.05) is 25.1 Å². The van der Waals surface area contributed by atoms with Gasteiger partial charge in [0.1, 0.15) is 17.3 Å². The van der Waals surface area contributed by atoms with Gasteiger partial charge in [-0.15, -0.1) is 0 Å². The SMILES string of the molecule is CCCCCCOC(=O)c1cccc(Oc2cc(C(C)(C)C)cc3cc4c(c(-c5cc(C)cc(CC(F)F)c5)c23)C(N)=NC4=N)c1. The molecule has 4 aromatic carbocycles. The molecule has 6 nitrogen and oxygen atoms in total. The molecule has 8 heteroatoms. The number of nitrogens with two attached hydrogens (primary N) is 1. The minimum Gasteiger partial charge on any atom is -0.462 e. The molecular weight excluding hydrogens is 584 g/mol. The molecule has 1 aliphatic heterocycles. The first-order valence-electron chi connectivity index (χ1n) is 15.8. The molecule has 3 N–H and O–H groups in total. The van der Waals surface area contributed by atoms with Crippen LogP contribution in [0.4, 0.5) is 8.78 Å². The molecule has 240 valence electrons. The van der Waals surface area contributed by atoms with Gasteiger partial charge in [-0.2, -0.15) is 0 Å². The third-order valence-corrected chi connectivity index (χ3v) is 8.16. The summed E-state index contributed by atoms with van der Waals surface area (Å²) in [6.45, 7) is 10.7. The zero-order valence-electron chi connectivity index (χ0n) is 27.1. The number of hydrogen-bond donors (Lipinski definition) is 2. The summed E-state index contributed by atoms with van der Waals surface area (Å²) in [5.41, 5.74) is 11.3.